The van der Waals surface area contributed by atoms with Crippen LogP contribution in [0.4, 0.5) is 0 Å². The standard InChI is InChI=1S/C15H23ClN2O3/c1-19-10-6-7-18(9-10)12(8-17)11-4-5-13(20-2)15(21-3)14(11)16/h4-5,10,12H,6-9,17H2,1-3H3. The van der Waals surface area contributed by atoms with Crippen molar-refractivity contribution in [2.24, 2.45) is 5.73 Å². The minimum Gasteiger partial charge on any atom is -0.493 e. The van der Waals surface area contributed by atoms with Gasteiger partial charge in [-0.05, 0) is 18.1 Å². The zero-order chi connectivity index (χ0) is 15.4. The highest BCUT2D eigenvalue weighted by atomic mass is 35.5. The monoisotopic (exact) mass is 314 g/mol. The molecule has 21 heavy (non-hydrogen) atoms. The summed E-state index contributed by atoms with van der Waals surface area (Å²) in [5.74, 6) is 1.18. The van der Waals surface area contributed by atoms with Crippen molar-refractivity contribution in [1.82, 2.24) is 4.90 Å². The fourth-order valence-electron chi connectivity index (χ4n) is 2.86. The fraction of sp³-hybridized carbons (Fsp3) is 0.600. The summed E-state index contributed by atoms with van der Waals surface area (Å²) in [4.78, 5) is 2.31. The molecule has 1 aromatic rings. The molecule has 1 aromatic carbocycles. The van der Waals surface area contributed by atoms with Gasteiger partial charge >= 0.3 is 0 Å². The molecule has 1 fully saturated rings. The van der Waals surface area contributed by atoms with Crippen molar-refractivity contribution in [3.05, 3.63) is 22.7 Å². The van der Waals surface area contributed by atoms with Crippen LogP contribution in [0.25, 0.3) is 0 Å². The Balaban J connectivity index is 2.30. The topological polar surface area (TPSA) is 57.0 Å². The molecule has 2 unspecified atom stereocenters. The van der Waals surface area contributed by atoms with Crippen LogP contribution in [0.3, 0.4) is 0 Å². The Hall–Kier alpha value is -1.01. The first-order valence-electron chi connectivity index (χ1n) is 7.03. The maximum absolute atomic E-state index is 6.50. The number of benzene rings is 1. The average Bonchev–Trinajstić information content (AvgIpc) is 2.98. The summed E-state index contributed by atoms with van der Waals surface area (Å²) in [6.07, 6.45) is 1.27. The maximum Gasteiger partial charge on any atom is 0.179 e. The number of nitrogens with zero attached hydrogens (tertiary/aromatic N) is 1. The fourth-order valence-corrected chi connectivity index (χ4v) is 3.22. The Bertz CT molecular complexity index is 484. The third-order valence-corrected chi connectivity index (χ3v) is 4.44. The second-order valence-electron chi connectivity index (χ2n) is 5.10. The predicted octanol–water partition coefficient (Wildman–Crippen LogP) is 2.08. The van der Waals surface area contributed by atoms with E-state index in [1.807, 2.05) is 12.1 Å². The first-order valence-corrected chi connectivity index (χ1v) is 7.41. The smallest absolute Gasteiger partial charge is 0.179 e. The Morgan fingerprint density at radius 3 is 2.62 bits per heavy atom. The molecular weight excluding hydrogens is 292 g/mol. The van der Waals surface area contributed by atoms with Gasteiger partial charge in [0.2, 0.25) is 0 Å². The highest BCUT2D eigenvalue weighted by molar-refractivity contribution is 6.33. The number of halogens is 1. The molecule has 0 bridgehead atoms. The lowest BCUT2D eigenvalue weighted by Gasteiger charge is -2.28. The minimum atomic E-state index is 0.0532. The molecule has 2 N–H and O–H groups in total. The summed E-state index contributed by atoms with van der Waals surface area (Å²) in [6.45, 7) is 2.31. The maximum atomic E-state index is 6.50. The van der Waals surface area contributed by atoms with Gasteiger partial charge in [0, 0.05) is 32.8 Å². The Morgan fingerprint density at radius 2 is 2.10 bits per heavy atom. The molecule has 0 saturated carbocycles. The van der Waals surface area contributed by atoms with E-state index >= 15 is 0 Å². The van der Waals surface area contributed by atoms with Gasteiger partial charge in [-0.2, -0.15) is 0 Å². The van der Waals surface area contributed by atoms with E-state index in [1.165, 1.54) is 0 Å². The highest BCUT2D eigenvalue weighted by Crippen LogP contribution is 2.41. The molecule has 2 rings (SSSR count). The molecule has 5 nitrogen and oxygen atoms in total. The van der Waals surface area contributed by atoms with Crippen molar-refractivity contribution in [3.8, 4) is 11.5 Å². The second kappa shape index (κ2) is 7.31. The van der Waals surface area contributed by atoms with Gasteiger partial charge in [0.1, 0.15) is 0 Å². The van der Waals surface area contributed by atoms with Gasteiger partial charge in [0.25, 0.3) is 0 Å². The number of nitrogens with two attached hydrogens (primary N) is 1. The van der Waals surface area contributed by atoms with Gasteiger partial charge in [-0.3, -0.25) is 4.90 Å². The average molecular weight is 315 g/mol. The number of ether oxygens (including phenoxy) is 3. The summed E-state index contributed by atoms with van der Waals surface area (Å²) in [5, 5.41) is 0.563. The quantitative estimate of drug-likeness (QED) is 0.871. The first-order chi connectivity index (χ1) is 10.2. The van der Waals surface area contributed by atoms with E-state index in [0.29, 0.717) is 23.1 Å². The van der Waals surface area contributed by atoms with E-state index in [9.17, 15) is 0 Å². The number of hydrogen-bond acceptors (Lipinski definition) is 5. The van der Waals surface area contributed by atoms with E-state index in [-0.39, 0.29) is 12.1 Å². The van der Waals surface area contributed by atoms with Gasteiger partial charge in [0.15, 0.2) is 11.5 Å². The molecule has 0 aliphatic carbocycles. The van der Waals surface area contributed by atoms with Crippen molar-refractivity contribution in [3.63, 3.8) is 0 Å². The number of rotatable bonds is 6. The Kier molecular flexibility index (Phi) is 5.70. The lowest BCUT2D eigenvalue weighted by Crippen LogP contribution is -2.33. The molecule has 1 saturated heterocycles. The molecule has 1 aliphatic rings. The van der Waals surface area contributed by atoms with Gasteiger partial charge in [-0.25, -0.2) is 0 Å². The highest BCUT2D eigenvalue weighted by Gasteiger charge is 2.30. The van der Waals surface area contributed by atoms with E-state index in [2.05, 4.69) is 4.90 Å². The summed E-state index contributed by atoms with van der Waals surface area (Å²) < 4.78 is 16.1. The van der Waals surface area contributed by atoms with Crippen LogP contribution >= 0.6 is 11.6 Å². The van der Waals surface area contributed by atoms with Crippen LogP contribution in [0.1, 0.15) is 18.0 Å². The van der Waals surface area contributed by atoms with E-state index in [0.717, 1.165) is 25.1 Å². The molecule has 0 aromatic heterocycles. The molecule has 6 heteroatoms. The van der Waals surface area contributed by atoms with Gasteiger partial charge in [-0.15, -0.1) is 0 Å². The Morgan fingerprint density at radius 1 is 1.33 bits per heavy atom. The van der Waals surface area contributed by atoms with E-state index in [4.69, 9.17) is 31.5 Å². The molecule has 0 spiro atoms. The van der Waals surface area contributed by atoms with Gasteiger partial charge in [-0.1, -0.05) is 17.7 Å². The molecule has 1 heterocycles. The zero-order valence-electron chi connectivity index (χ0n) is 12.8. The summed E-state index contributed by atoms with van der Waals surface area (Å²) in [6, 6.07) is 3.88. The molecular formula is C15H23ClN2O3. The van der Waals surface area contributed by atoms with Crippen LogP contribution in [0.5, 0.6) is 11.5 Å². The largest absolute Gasteiger partial charge is 0.493 e. The number of likely N-dealkylation sites (tertiary alicyclic amines) is 1. The Labute approximate surface area is 130 Å². The molecule has 1 aliphatic heterocycles. The van der Waals surface area contributed by atoms with Crippen LogP contribution in [-0.4, -0.2) is 52.0 Å². The van der Waals surface area contributed by atoms with E-state index in [1.54, 1.807) is 21.3 Å². The third kappa shape index (κ3) is 3.26. The van der Waals surface area contributed by atoms with Crippen LogP contribution in [0.2, 0.25) is 5.02 Å². The SMILES string of the molecule is COc1ccc(C(CN)N2CCC(OC)C2)c(Cl)c1OC. The zero-order valence-corrected chi connectivity index (χ0v) is 13.5. The molecule has 118 valence electrons. The van der Waals surface area contributed by atoms with E-state index < -0.39 is 0 Å². The summed E-state index contributed by atoms with van der Waals surface area (Å²) >= 11 is 6.50. The molecule has 0 radical (unpaired) electrons. The van der Waals surface area contributed by atoms with Crippen molar-refractivity contribution >= 4 is 11.6 Å². The van der Waals surface area contributed by atoms with Crippen molar-refractivity contribution in [1.29, 1.82) is 0 Å². The van der Waals surface area contributed by atoms with Crippen molar-refractivity contribution < 1.29 is 14.2 Å². The lowest BCUT2D eigenvalue weighted by molar-refractivity contribution is 0.101. The van der Waals surface area contributed by atoms with Crippen LogP contribution < -0.4 is 15.2 Å². The van der Waals surface area contributed by atoms with Crippen LogP contribution in [0, 0.1) is 0 Å². The van der Waals surface area contributed by atoms with Gasteiger partial charge in [0.05, 0.1) is 25.3 Å². The number of hydrogen-bond donors (Lipinski definition) is 1. The second-order valence-corrected chi connectivity index (χ2v) is 5.48. The molecule has 0 amide bonds. The predicted molar refractivity (Wildman–Crippen MR) is 83.3 cm³/mol. The number of methoxy groups -OCH3 is 3. The normalized spacial score (nSPS) is 20.5. The summed E-state index contributed by atoms with van der Waals surface area (Å²) in [7, 11) is 4.93. The van der Waals surface area contributed by atoms with Crippen LogP contribution in [-0.2, 0) is 4.74 Å². The third-order valence-electron chi connectivity index (χ3n) is 4.05. The first kappa shape index (κ1) is 16.4. The van der Waals surface area contributed by atoms with Crippen molar-refractivity contribution in [2.75, 3.05) is 41.0 Å². The summed E-state index contributed by atoms with van der Waals surface area (Å²) in [5.41, 5.74) is 6.96. The van der Waals surface area contributed by atoms with Crippen LogP contribution in [0.15, 0.2) is 12.1 Å². The minimum absolute atomic E-state index is 0.0532. The molecule has 2 atom stereocenters. The van der Waals surface area contributed by atoms with Crippen molar-refractivity contribution in [2.45, 2.75) is 18.6 Å². The lowest BCUT2D eigenvalue weighted by atomic mass is 10.0. The van der Waals surface area contributed by atoms with Gasteiger partial charge < -0.3 is 19.9 Å².